The lowest BCUT2D eigenvalue weighted by Gasteiger charge is -1.89. The molecule has 0 atom stereocenters. The summed E-state index contributed by atoms with van der Waals surface area (Å²) in [5.74, 6) is 0. The normalized spacial score (nSPS) is 10.5. The van der Waals surface area contributed by atoms with Crippen LogP contribution in [0.2, 0.25) is 0 Å². The van der Waals surface area contributed by atoms with Gasteiger partial charge in [-0.05, 0) is 18.6 Å². The predicted octanol–water partition coefficient (Wildman–Crippen LogP) is 1.67. The minimum Gasteiger partial charge on any atom is -0.277 e. The largest absolute Gasteiger partial charge is 0.277 e. The fourth-order valence-electron chi connectivity index (χ4n) is 0.996. The van der Waals surface area contributed by atoms with Gasteiger partial charge in [0.2, 0.25) is 0 Å². The molecule has 0 aliphatic carbocycles. The molecule has 0 saturated carbocycles. The van der Waals surface area contributed by atoms with Crippen LogP contribution in [0.15, 0.2) is 18.2 Å². The third-order valence-electron chi connectivity index (χ3n) is 1.53. The lowest BCUT2D eigenvalue weighted by atomic mass is 10.2. The molecule has 0 fully saturated rings. The van der Waals surface area contributed by atoms with Crippen LogP contribution in [0.25, 0.3) is 10.9 Å². The smallest absolute Gasteiger partial charge is 0.121 e. The van der Waals surface area contributed by atoms with E-state index >= 15 is 0 Å². The first-order chi connectivity index (χ1) is 4.86. The molecule has 0 bridgehead atoms. The Labute approximate surface area is 58.9 Å². The molecule has 1 radical (unpaired) electrons. The summed E-state index contributed by atoms with van der Waals surface area (Å²) in [4.78, 5) is 0. The molecule has 0 spiro atoms. The molecule has 49 valence electrons. The second-order valence-electron chi connectivity index (χ2n) is 2.38. The van der Waals surface area contributed by atoms with Crippen LogP contribution < -0.4 is 0 Å². The van der Waals surface area contributed by atoms with Gasteiger partial charge < -0.3 is 0 Å². The predicted molar refractivity (Wildman–Crippen MR) is 39.7 cm³/mol. The van der Waals surface area contributed by atoms with Gasteiger partial charge >= 0.3 is 0 Å². The summed E-state index contributed by atoms with van der Waals surface area (Å²) >= 11 is 0. The minimum atomic E-state index is 1.05. The number of rotatable bonds is 0. The van der Waals surface area contributed by atoms with Gasteiger partial charge in [0.15, 0.2) is 0 Å². The van der Waals surface area contributed by atoms with E-state index in [4.69, 9.17) is 0 Å². The fourth-order valence-corrected chi connectivity index (χ4v) is 0.996. The number of hydrogen-bond donors (Lipinski definition) is 1. The number of fused-ring (bicyclic) bond motifs is 1. The van der Waals surface area contributed by atoms with E-state index in [0.717, 1.165) is 10.9 Å². The third-order valence-corrected chi connectivity index (χ3v) is 1.53. The quantitative estimate of drug-likeness (QED) is 0.578. The van der Waals surface area contributed by atoms with Crippen LogP contribution >= 0.6 is 0 Å². The summed E-state index contributed by atoms with van der Waals surface area (Å²) in [5, 5.41) is 7.69. The lowest BCUT2D eigenvalue weighted by molar-refractivity contribution is 1.11. The zero-order valence-corrected chi connectivity index (χ0v) is 5.68. The van der Waals surface area contributed by atoms with Gasteiger partial charge in [0.25, 0.3) is 0 Å². The van der Waals surface area contributed by atoms with Gasteiger partial charge in [-0.2, -0.15) is 5.10 Å². The monoisotopic (exact) mass is 131 g/mol. The van der Waals surface area contributed by atoms with Crippen molar-refractivity contribution in [2.45, 2.75) is 6.92 Å². The molecule has 2 nitrogen and oxygen atoms in total. The van der Waals surface area contributed by atoms with E-state index < -0.39 is 0 Å². The van der Waals surface area contributed by atoms with Gasteiger partial charge in [0.05, 0.1) is 5.52 Å². The molecule has 0 aliphatic rings. The SMILES string of the molecule is Cc1ccc2[c]n[nH]c2c1. The molecule has 0 aliphatic heterocycles. The van der Waals surface area contributed by atoms with Gasteiger partial charge in [0, 0.05) is 5.39 Å². The first kappa shape index (κ1) is 5.47. The maximum atomic E-state index is 3.79. The molecule has 2 rings (SSSR count). The fraction of sp³-hybridized carbons (Fsp3) is 0.125. The molecule has 1 aromatic heterocycles. The summed E-state index contributed by atoms with van der Waals surface area (Å²) < 4.78 is 0. The minimum absolute atomic E-state index is 1.05. The maximum absolute atomic E-state index is 3.79. The zero-order chi connectivity index (χ0) is 6.97. The Morgan fingerprint density at radius 3 is 3.30 bits per heavy atom. The standard InChI is InChI=1S/C8H7N2/c1-6-2-3-7-5-9-10-8(7)4-6/h2-4H,1H3,(H,9,10). The summed E-state index contributed by atoms with van der Waals surface area (Å²) in [6.45, 7) is 2.06. The highest BCUT2D eigenvalue weighted by Crippen LogP contribution is 2.10. The Balaban J connectivity index is 2.86. The van der Waals surface area contributed by atoms with Crippen molar-refractivity contribution in [3.63, 3.8) is 0 Å². The van der Waals surface area contributed by atoms with E-state index in [2.05, 4.69) is 29.4 Å². The van der Waals surface area contributed by atoms with E-state index in [9.17, 15) is 0 Å². The number of aryl methyl sites for hydroxylation is 1. The molecule has 2 heteroatoms. The maximum Gasteiger partial charge on any atom is 0.121 e. The van der Waals surface area contributed by atoms with Crippen molar-refractivity contribution in [1.29, 1.82) is 0 Å². The van der Waals surface area contributed by atoms with Crippen molar-refractivity contribution in [2.75, 3.05) is 0 Å². The van der Waals surface area contributed by atoms with Gasteiger partial charge in [-0.1, -0.05) is 12.1 Å². The molecule has 0 unspecified atom stereocenters. The Kier molecular flexibility index (Phi) is 1.01. The number of aromatic amines is 1. The molecule has 0 saturated heterocycles. The Bertz CT molecular complexity index is 349. The number of hydrogen-bond acceptors (Lipinski definition) is 1. The van der Waals surface area contributed by atoms with Crippen LogP contribution in [-0.4, -0.2) is 10.2 Å². The molecule has 1 aromatic carbocycles. The number of aromatic nitrogens is 2. The molecule has 2 aromatic rings. The highest BCUT2D eigenvalue weighted by Gasteiger charge is 1.93. The highest BCUT2D eigenvalue weighted by molar-refractivity contribution is 5.77. The molecular formula is C8H7N2. The Morgan fingerprint density at radius 1 is 1.50 bits per heavy atom. The third kappa shape index (κ3) is 0.692. The molecular weight excluding hydrogens is 124 g/mol. The van der Waals surface area contributed by atoms with Gasteiger partial charge in [-0.3, -0.25) is 5.10 Å². The topological polar surface area (TPSA) is 28.7 Å². The summed E-state index contributed by atoms with van der Waals surface area (Å²) in [7, 11) is 0. The molecule has 1 heterocycles. The number of benzene rings is 1. The summed E-state index contributed by atoms with van der Waals surface area (Å²) in [6.07, 6.45) is 2.84. The van der Waals surface area contributed by atoms with Crippen molar-refractivity contribution in [3.8, 4) is 0 Å². The van der Waals surface area contributed by atoms with E-state index in [-0.39, 0.29) is 0 Å². The van der Waals surface area contributed by atoms with Crippen molar-refractivity contribution in [3.05, 3.63) is 30.0 Å². The van der Waals surface area contributed by atoms with Crippen LogP contribution in [0.3, 0.4) is 0 Å². The van der Waals surface area contributed by atoms with Crippen molar-refractivity contribution in [1.82, 2.24) is 10.2 Å². The summed E-state index contributed by atoms with van der Waals surface area (Å²) in [6, 6.07) is 6.11. The number of nitrogens with one attached hydrogen (secondary N) is 1. The first-order valence-corrected chi connectivity index (χ1v) is 3.19. The van der Waals surface area contributed by atoms with Gasteiger partial charge in [-0.15, -0.1) is 0 Å². The van der Waals surface area contributed by atoms with Crippen LogP contribution in [0.5, 0.6) is 0 Å². The van der Waals surface area contributed by atoms with Crippen LogP contribution in [0.4, 0.5) is 0 Å². The van der Waals surface area contributed by atoms with Crippen molar-refractivity contribution < 1.29 is 0 Å². The average Bonchev–Trinajstić information content (AvgIpc) is 2.33. The van der Waals surface area contributed by atoms with Crippen molar-refractivity contribution >= 4 is 10.9 Å². The average molecular weight is 131 g/mol. The zero-order valence-electron chi connectivity index (χ0n) is 5.68. The Hall–Kier alpha value is -1.31. The second kappa shape index (κ2) is 1.84. The number of H-pyrrole nitrogens is 1. The van der Waals surface area contributed by atoms with E-state index in [1.165, 1.54) is 5.56 Å². The summed E-state index contributed by atoms with van der Waals surface area (Å²) in [5.41, 5.74) is 2.30. The molecule has 1 N–H and O–H groups in total. The number of nitrogens with zero attached hydrogens (tertiary/aromatic N) is 1. The highest BCUT2D eigenvalue weighted by atomic mass is 15.1. The van der Waals surface area contributed by atoms with Gasteiger partial charge in [0.1, 0.15) is 6.20 Å². The van der Waals surface area contributed by atoms with Gasteiger partial charge in [-0.25, -0.2) is 0 Å². The van der Waals surface area contributed by atoms with E-state index in [0.29, 0.717) is 0 Å². The van der Waals surface area contributed by atoms with Crippen LogP contribution in [0, 0.1) is 13.1 Å². The van der Waals surface area contributed by atoms with Crippen LogP contribution in [-0.2, 0) is 0 Å². The van der Waals surface area contributed by atoms with E-state index in [1.807, 2.05) is 12.1 Å². The van der Waals surface area contributed by atoms with Crippen molar-refractivity contribution in [2.24, 2.45) is 0 Å². The Morgan fingerprint density at radius 2 is 2.40 bits per heavy atom. The van der Waals surface area contributed by atoms with Crippen LogP contribution in [0.1, 0.15) is 5.56 Å². The first-order valence-electron chi connectivity index (χ1n) is 3.19. The lowest BCUT2D eigenvalue weighted by Crippen LogP contribution is -1.70. The molecule has 10 heavy (non-hydrogen) atoms. The van der Waals surface area contributed by atoms with E-state index in [1.54, 1.807) is 0 Å². The molecule has 0 amide bonds. The second-order valence-corrected chi connectivity index (χ2v) is 2.38.